The second kappa shape index (κ2) is 7.63. The highest BCUT2D eigenvalue weighted by atomic mass is 79.9. The molecule has 1 N–H and O–H groups in total. The summed E-state index contributed by atoms with van der Waals surface area (Å²) >= 11 is 9.40. The Labute approximate surface area is 165 Å². The molecule has 27 heavy (non-hydrogen) atoms. The van der Waals surface area contributed by atoms with E-state index in [0.717, 1.165) is 10.5 Å². The second-order valence-electron chi connectivity index (χ2n) is 6.13. The number of carbonyl (C=O) groups excluding carboxylic acids is 1. The molecule has 0 radical (unpaired) electrons. The molecule has 0 bridgehead atoms. The van der Waals surface area contributed by atoms with Gasteiger partial charge < -0.3 is 10.2 Å². The lowest BCUT2D eigenvalue weighted by atomic mass is 10.00. The number of nitrogens with one attached hydrogen (secondary N) is 1. The van der Waals surface area contributed by atoms with Gasteiger partial charge in [0, 0.05) is 36.2 Å². The predicted octanol–water partition coefficient (Wildman–Crippen LogP) is 4.52. The number of benzene rings is 1. The van der Waals surface area contributed by atoms with Crippen molar-refractivity contribution in [3.63, 3.8) is 0 Å². The van der Waals surface area contributed by atoms with Crippen molar-refractivity contribution in [2.24, 2.45) is 5.92 Å². The summed E-state index contributed by atoms with van der Waals surface area (Å²) in [6.45, 7) is 1.47. The Balaban J connectivity index is 1.54. The predicted molar refractivity (Wildman–Crippen MR) is 96.4 cm³/mol. The molecular weight excluding hydrogens is 454 g/mol. The zero-order valence-corrected chi connectivity index (χ0v) is 16.0. The maximum atomic E-state index is 13.8. The van der Waals surface area contributed by atoms with Gasteiger partial charge >= 0.3 is 6.18 Å². The van der Waals surface area contributed by atoms with Crippen LogP contribution in [0.1, 0.15) is 15.9 Å². The standard InChI is InChI=1S/C17H13BrClF4N3O/c18-11-4-13(19)15(24-6-11)26-7-9(8-26)5-25-16(27)12-2-1-10(3-14(12)20)17(21,22)23/h1-4,6,9H,5,7-8H2,(H,25,27). The summed E-state index contributed by atoms with van der Waals surface area (Å²) < 4.78 is 52.2. The van der Waals surface area contributed by atoms with E-state index in [2.05, 4.69) is 26.2 Å². The Bertz CT molecular complexity index is 872. The van der Waals surface area contributed by atoms with Crippen molar-refractivity contribution >= 4 is 39.3 Å². The van der Waals surface area contributed by atoms with Crippen molar-refractivity contribution in [3.05, 3.63) is 56.9 Å². The van der Waals surface area contributed by atoms with E-state index in [9.17, 15) is 22.4 Å². The van der Waals surface area contributed by atoms with Crippen LogP contribution in [-0.4, -0.2) is 30.5 Å². The van der Waals surface area contributed by atoms with E-state index < -0.39 is 29.0 Å². The van der Waals surface area contributed by atoms with Crippen LogP contribution in [0.15, 0.2) is 34.9 Å². The largest absolute Gasteiger partial charge is 0.416 e. The van der Waals surface area contributed by atoms with Crippen LogP contribution >= 0.6 is 27.5 Å². The topological polar surface area (TPSA) is 45.2 Å². The van der Waals surface area contributed by atoms with Gasteiger partial charge in [-0.1, -0.05) is 11.6 Å². The number of rotatable bonds is 4. The van der Waals surface area contributed by atoms with Crippen molar-refractivity contribution in [2.75, 3.05) is 24.5 Å². The fourth-order valence-electron chi connectivity index (χ4n) is 2.72. The molecule has 0 aliphatic carbocycles. The van der Waals surface area contributed by atoms with Crippen LogP contribution in [0.4, 0.5) is 23.4 Å². The fourth-order valence-corrected chi connectivity index (χ4v) is 3.47. The fraction of sp³-hybridized carbons (Fsp3) is 0.294. The van der Waals surface area contributed by atoms with Crippen LogP contribution in [0.25, 0.3) is 0 Å². The summed E-state index contributed by atoms with van der Waals surface area (Å²) in [5.74, 6) is -1.22. The first-order valence-electron chi connectivity index (χ1n) is 7.86. The van der Waals surface area contributed by atoms with Gasteiger partial charge in [0.2, 0.25) is 0 Å². The van der Waals surface area contributed by atoms with Gasteiger partial charge in [0.05, 0.1) is 16.1 Å². The van der Waals surface area contributed by atoms with Crippen LogP contribution in [0.5, 0.6) is 0 Å². The Morgan fingerprint density at radius 1 is 1.33 bits per heavy atom. The quantitative estimate of drug-likeness (QED) is 0.674. The number of amides is 1. The van der Waals surface area contributed by atoms with Gasteiger partial charge in [-0.2, -0.15) is 13.2 Å². The summed E-state index contributed by atoms with van der Waals surface area (Å²) in [4.78, 5) is 18.2. The van der Waals surface area contributed by atoms with Crippen molar-refractivity contribution in [2.45, 2.75) is 6.18 Å². The zero-order chi connectivity index (χ0) is 19.8. The first kappa shape index (κ1) is 19.9. The van der Waals surface area contributed by atoms with E-state index in [1.54, 1.807) is 12.3 Å². The van der Waals surface area contributed by atoms with Crippen molar-refractivity contribution in [1.82, 2.24) is 10.3 Å². The molecule has 1 amide bonds. The third-order valence-corrected chi connectivity index (χ3v) is 4.85. The van der Waals surface area contributed by atoms with Gasteiger partial charge in [0.15, 0.2) is 0 Å². The average molecular weight is 467 g/mol. The lowest BCUT2D eigenvalue weighted by Gasteiger charge is -2.40. The lowest BCUT2D eigenvalue weighted by Crippen LogP contribution is -2.52. The molecule has 0 saturated carbocycles. The van der Waals surface area contributed by atoms with E-state index in [-0.39, 0.29) is 12.5 Å². The molecule has 1 saturated heterocycles. The molecule has 144 valence electrons. The summed E-state index contributed by atoms with van der Waals surface area (Å²) in [7, 11) is 0. The molecule has 1 aromatic heterocycles. The van der Waals surface area contributed by atoms with E-state index in [1.165, 1.54) is 0 Å². The van der Waals surface area contributed by atoms with E-state index in [0.29, 0.717) is 36.1 Å². The molecule has 2 heterocycles. The number of halogens is 6. The highest BCUT2D eigenvalue weighted by Crippen LogP contribution is 2.31. The van der Waals surface area contributed by atoms with Gasteiger partial charge in [-0.05, 0) is 40.2 Å². The molecule has 3 rings (SSSR count). The smallest absolute Gasteiger partial charge is 0.355 e. The summed E-state index contributed by atoms with van der Waals surface area (Å²) in [6, 6.07) is 3.57. The maximum Gasteiger partial charge on any atom is 0.416 e. The number of hydrogen-bond donors (Lipinski definition) is 1. The van der Waals surface area contributed by atoms with Crippen LogP contribution < -0.4 is 10.2 Å². The van der Waals surface area contributed by atoms with E-state index in [1.807, 2.05) is 4.90 Å². The van der Waals surface area contributed by atoms with E-state index >= 15 is 0 Å². The molecule has 0 unspecified atom stereocenters. The number of nitrogens with zero attached hydrogens (tertiary/aromatic N) is 2. The number of anilines is 1. The van der Waals surface area contributed by atoms with Crippen LogP contribution in [0.3, 0.4) is 0 Å². The SMILES string of the molecule is O=C(NCC1CN(c2ncc(Br)cc2Cl)C1)c1ccc(C(F)(F)F)cc1F. The summed E-state index contributed by atoms with van der Waals surface area (Å²) in [6.07, 6.45) is -3.03. The summed E-state index contributed by atoms with van der Waals surface area (Å²) in [5.41, 5.74) is -1.55. The monoisotopic (exact) mass is 465 g/mol. The molecule has 1 aliphatic heterocycles. The normalized spacial score (nSPS) is 14.8. The summed E-state index contributed by atoms with van der Waals surface area (Å²) in [5, 5.41) is 3.05. The number of carbonyl (C=O) groups is 1. The number of hydrogen-bond acceptors (Lipinski definition) is 3. The number of aromatic nitrogens is 1. The third kappa shape index (κ3) is 4.52. The Morgan fingerprint density at radius 2 is 2.04 bits per heavy atom. The molecule has 1 fully saturated rings. The van der Waals surface area contributed by atoms with Crippen LogP contribution in [-0.2, 0) is 6.18 Å². The minimum absolute atomic E-state index is 0.105. The molecule has 1 aliphatic rings. The highest BCUT2D eigenvalue weighted by Gasteiger charge is 2.32. The maximum absolute atomic E-state index is 13.8. The molecule has 10 heteroatoms. The number of pyridine rings is 1. The average Bonchev–Trinajstić information content (AvgIpc) is 2.53. The Morgan fingerprint density at radius 3 is 2.63 bits per heavy atom. The van der Waals surface area contributed by atoms with Crippen LogP contribution in [0, 0.1) is 11.7 Å². The van der Waals surface area contributed by atoms with Gasteiger partial charge in [-0.3, -0.25) is 4.79 Å². The van der Waals surface area contributed by atoms with Gasteiger partial charge in [0.1, 0.15) is 11.6 Å². The molecule has 4 nitrogen and oxygen atoms in total. The molecule has 0 spiro atoms. The molecule has 1 aromatic carbocycles. The Kier molecular flexibility index (Phi) is 5.62. The minimum Gasteiger partial charge on any atom is -0.355 e. The third-order valence-electron chi connectivity index (χ3n) is 4.14. The van der Waals surface area contributed by atoms with Crippen LogP contribution in [0.2, 0.25) is 5.02 Å². The minimum atomic E-state index is -4.66. The molecular formula is C17H13BrClF4N3O. The van der Waals surface area contributed by atoms with E-state index in [4.69, 9.17) is 11.6 Å². The molecule has 0 atom stereocenters. The van der Waals surface area contributed by atoms with Crippen molar-refractivity contribution in [3.8, 4) is 0 Å². The van der Waals surface area contributed by atoms with Gasteiger partial charge in [-0.25, -0.2) is 9.37 Å². The highest BCUT2D eigenvalue weighted by molar-refractivity contribution is 9.10. The Hall–Kier alpha value is -1.87. The van der Waals surface area contributed by atoms with Gasteiger partial charge in [-0.15, -0.1) is 0 Å². The zero-order valence-electron chi connectivity index (χ0n) is 13.7. The number of alkyl halides is 3. The second-order valence-corrected chi connectivity index (χ2v) is 7.46. The lowest BCUT2D eigenvalue weighted by molar-refractivity contribution is -0.137. The molecule has 2 aromatic rings. The van der Waals surface area contributed by atoms with Crippen molar-refractivity contribution < 1.29 is 22.4 Å². The first-order chi connectivity index (χ1) is 12.6. The first-order valence-corrected chi connectivity index (χ1v) is 9.03. The van der Waals surface area contributed by atoms with Gasteiger partial charge in [0.25, 0.3) is 5.91 Å². The van der Waals surface area contributed by atoms with Crippen molar-refractivity contribution in [1.29, 1.82) is 0 Å².